The fraction of sp³-hybridized carbons (Fsp3) is 0.611. The minimum atomic E-state index is -0.641. The van der Waals surface area contributed by atoms with Crippen molar-refractivity contribution in [3.05, 3.63) is 36.5 Å². The largest absolute Gasteiger partial charge is 0.389 e. The van der Waals surface area contributed by atoms with Crippen LogP contribution >= 0.6 is 23.2 Å². The zero-order valence-electron chi connectivity index (χ0n) is 13.7. The van der Waals surface area contributed by atoms with E-state index < -0.39 is 6.10 Å². The predicted molar refractivity (Wildman–Crippen MR) is 96.8 cm³/mol. The van der Waals surface area contributed by atoms with Crippen LogP contribution in [0.3, 0.4) is 0 Å². The summed E-state index contributed by atoms with van der Waals surface area (Å²) in [5, 5.41) is 9.74. The summed E-state index contributed by atoms with van der Waals surface area (Å²) in [7, 11) is 0. The van der Waals surface area contributed by atoms with Crippen LogP contribution in [0.5, 0.6) is 0 Å². The van der Waals surface area contributed by atoms with Crippen LogP contribution in [0.4, 0.5) is 0 Å². The molecule has 0 bridgehead atoms. The standard InChI is InChI=1S/C18H28Cl2O2/c1-13(2)11-15(19)5-7-17(21)9-10-18(22)8-6-16(20)12-14(3)4/h9-10,15-17,21H,1,3,5-8,11-12H2,2,4H3/b10-9+/t15-,16+,17?/m0/s1. The molecule has 0 rings (SSSR count). The van der Waals surface area contributed by atoms with Crippen molar-refractivity contribution in [1.82, 2.24) is 0 Å². The highest BCUT2D eigenvalue weighted by atomic mass is 35.5. The highest BCUT2D eigenvalue weighted by molar-refractivity contribution is 6.21. The lowest BCUT2D eigenvalue weighted by atomic mass is 10.0. The van der Waals surface area contributed by atoms with Crippen molar-refractivity contribution in [2.75, 3.05) is 0 Å². The molecule has 126 valence electrons. The molecular formula is C18H28Cl2O2. The van der Waals surface area contributed by atoms with Crippen LogP contribution in [-0.2, 0) is 4.79 Å². The van der Waals surface area contributed by atoms with Gasteiger partial charge in [-0.2, -0.15) is 0 Å². The normalized spacial score (nSPS) is 15.5. The maximum absolute atomic E-state index is 11.7. The van der Waals surface area contributed by atoms with Gasteiger partial charge in [-0.05, 0) is 52.0 Å². The Balaban J connectivity index is 3.95. The van der Waals surface area contributed by atoms with Gasteiger partial charge in [-0.25, -0.2) is 0 Å². The van der Waals surface area contributed by atoms with Crippen LogP contribution in [0, 0.1) is 0 Å². The fourth-order valence-corrected chi connectivity index (χ4v) is 2.77. The van der Waals surface area contributed by atoms with Crippen molar-refractivity contribution >= 4 is 29.0 Å². The molecule has 0 amide bonds. The molecule has 0 aliphatic rings. The van der Waals surface area contributed by atoms with Gasteiger partial charge in [0.1, 0.15) is 0 Å². The van der Waals surface area contributed by atoms with Crippen LogP contribution in [-0.4, -0.2) is 27.7 Å². The summed E-state index contributed by atoms with van der Waals surface area (Å²) < 4.78 is 0. The van der Waals surface area contributed by atoms with Crippen molar-refractivity contribution in [3.63, 3.8) is 0 Å². The highest BCUT2D eigenvalue weighted by Gasteiger charge is 2.09. The summed E-state index contributed by atoms with van der Waals surface area (Å²) in [5.41, 5.74) is 2.05. The lowest BCUT2D eigenvalue weighted by Gasteiger charge is -2.11. The summed E-state index contributed by atoms with van der Waals surface area (Å²) in [6, 6.07) is 0. The van der Waals surface area contributed by atoms with Gasteiger partial charge in [0.2, 0.25) is 0 Å². The van der Waals surface area contributed by atoms with Crippen molar-refractivity contribution in [2.24, 2.45) is 0 Å². The van der Waals surface area contributed by atoms with E-state index in [4.69, 9.17) is 23.2 Å². The van der Waals surface area contributed by atoms with E-state index in [1.54, 1.807) is 0 Å². The number of halogens is 2. The smallest absolute Gasteiger partial charge is 0.155 e. The van der Waals surface area contributed by atoms with E-state index in [1.807, 2.05) is 13.8 Å². The van der Waals surface area contributed by atoms with Crippen molar-refractivity contribution in [2.45, 2.75) is 69.2 Å². The molecule has 0 fully saturated rings. The summed E-state index contributed by atoms with van der Waals surface area (Å²) >= 11 is 12.2. The molecule has 0 radical (unpaired) electrons. The Morgan fingerprint density at radius 2 is 1.55 bits per heavy atom. The first-order valence-corrected chi connectivity index (χ1v) is 8.54. The van der Waals surface area contributed by atoms with E-state index in [9.17, 15) is 9.90 Å². The Kier molecular flexibility index (Phi) is 11.6. The topological polar surface area (TPSA) is 37.3 Å². The molecule has 0 aromatic heterocycles. The average Bonchev–Trinajstić information content (AvgIpc) is 2.39. The van der Waals surface area contributed by atoms with Gasteiger partial charge >= 0.3 is 0 Å². The number of carbonyl (C=O) groups excluding carboxylic acids is 1. The van der Waals surface area contributed by atoms with Gasteiger partial charge in [0.25, 0.3) is 0 Å². The van der Waals surface area contributed by atoms with Gasteiger partial charge in [0.05, 0.1) is 6.10 Å². The van der Waals surface area contributed by atoms with Gasteiger partial charge in [-0.3, -0.25) is 4.79 Å². The number of ketones is 1. The number of hydrogen-bond donors (Lipinski definition) is 1. The maximum Gasteiger partial charge on any atom is 0.155 e. The molecule has 0 spiro atoms. The van der Waals surface area contributed by atoms with Crippen molar-refractivity contribution < 1.29 is 9.90 Å². The maximum atomic E-state index is 11.7. The van der Waals surface area contributed by atoms with E-state index in [0.29, 0.717) is 25.7 Å². The molecule has 0 saturated heterocycles. The first kappa shape index (κ1) is 21.4. The van der Waals surface area contributed by atoms with Crippen LogP contribution < -0.4 is 0 Å². The van der Waals surface area contributed by atoms with Crippen molar-refractivity contribution in [1.29, 1.82) is 0 Å². The lowest BCUT2D eigenvalue weighted by Crippen LogP contribution is -2.09. The number of rotatable bonds is 12. The third kappa shape index (κ3) is 13.1. The zero-order valence-corrected chi connectivity index (χ0v) is 15.2. The Hall–Kier alpha value is -0.570. The zero-order chi connectivity index (χ0) is 17.1. The number of aliphatic hydroxyl groups excluding tert-OH is 1. The quantitative estimate of drug-likeness (QED) is 0.300. The molecule has 4 heteroatoms. The summed E-state index contributed by atoms with van der Waals surface area (Å²) in [5.74, 6) is -0.0178. The molecule has 0 aliphatic heterocycles. The number of carbonyl (C=O) groups is 1. The Labute approximate surface area is 144 Å². The number of hydrogen-bond acceptors (Lipinski definition) is 2. The second-order valence-electron chi connectivity index (χ2n) is 6.03. The SMILES string of the molecule is C=C(C)C[C@H](Cl)CCC(=O)/C=C/C(O)CC[C@H](Cl)CC(=C)C. The van der Waals surface area contributed by atoms with Gasteiger partial charge in [-0.1, -0.05) is 17.2 Å². The highest BCUT2D eigenvalue weighted by Crippen LogP contribution is 2.17. The molecule has 0 aromatic rings. The second-order valence-corrected chi connectivity index (χ2v) is 7.26. The molecular weight excluding hydrogens is 319 g/mol. The second kappa shape index (κ2) is 11.9. The lowest BCUT2D eigenvalue weighted by molar-refractivity contribution is -0.114. The number of alkyl halides is 2. The molecule has 1 unspecified atom stereocenters. The molecule has 22 heavy (non-hydrogen) atoms. The first-order chi connectivity index (χ1) is 10.2. The third-order valence-electron chi connectivity index (χ3n) is 3.12. The molecule has 2 nitrogen and oxygen atoms in total. The van der Waals surface area contributed by atoms with Gasteiger partial charge in [0.15, 0.2) is 5.78 Å². The first-order valence-electron chi connectivity index (χ1n) is 7.66. The molecule has 1 N–H and O–H groups in total. The van der Waals surface area contributed by atoms with Crippen LogP contribution in [0.15, 0.2) is 36.5 Å². The number of allylic oxidation sites excluding steroid dienone is 3. The van der Waals surface area contributed by atoms with E-state index in [2.05, 4.69) is 13.2 Å². The summed E-state index contributed by atoms with van der Waals surface area (Å²) in [4.78, 5) is 11.7. The summed E-state index contributed by atoms with van der Waals surface area (Å²) in [6.07, 6.45) is 6.05. The van der Waals surface area contributed by atoms with E-state index in [0.717, 1.165) is 24.0 Å². The van der Waals surface area contributed by atoms with Gasteiger partial charge in [-0.15, -0.1) is 36.4 Å². The van der Waals surface area contributed by atoms with Crippen LogP contribution in [0.1, 0.15) is 52.4 Å². The van der Waals surface area contributed by atoms with E-state index in [-0.39, 0.29) is 16.5 Å². The van der Waals surface area contributed by atoms with E-state index in [1.165, 1.54) is 12.2 Å². The fourth-order valence-electron chi connectivity index (χ4n) is 2.01. The van der Waals surface area contributed by atoms with E-state index >= 15 is 0 Å². The molecule has 0 heterocycles. The molecule has 0 saturated carbocycles. The minimum Gasteiger partial charge on any atom is -0.389 e. The van der Waals surface area contributed by atoms with Crippen LogP contribution in [0.2, 0.25) is 0 Å². The monoisotopic (exact) mass is 346 g/mol. The Bertz CT molecular complexity index is 402. The predicted octanol–water partition coefficient (Wildman–Crippen LogP) is 5.18. The van der Waals surface area contributed by atoms with Gasteiger partial charge in [0, 0.05) is 17.2 Å². The summed E-state index contributed by atoms with van der Waals surface area (Å²) in [6.45, 7) is 11.5. The molecule has 0 aliphatic carbocycles. The Morgan fingerprint density at radius 3 is 2.05 bits per heavy atom. The molecule has 0 aromatic carbocycles. The van der Waals surface area contributed by atoms with Gasteiger partial charge < -0.3 is 5.11 Å². The third-order valence-corrected chi connectivity index (χ3v) is 3.87. The minimum absolute atomic E-state index is 0.0178. The molecule has 3 atom stereocenters. The van der Waals surface area contributed by atoms with Crippen LogP contribution in [0.25, 0.3) is 0 Å². The number of aliphatic hydroxyl groups is 1. The Morgan fingerprint density at radius 1 is 1.05 bits per heavy atom. The van der Waals surface area contributed by atoms with Crippen molar-refractivity contribution in [3.8, 4) is 0 Å². The average molecular weight is 347 g/mol.